The number of rotatable bonds is 11. The highest BCUT2D eigenvalue weighted by Crippen LogP contribution is 2.36. The lowest BCUT2D eigenvalue weighted by Crippen LogP contribution is -2.39. The molecule has 0 bridgehead atoms. The summed E-state index contributed by atoms with van der Waals surface area (Å²) in [6, 6.07) is 8.00. The molecule has 11 nitrogen and oxygen atoms in total. The van der Waals surface area contributed by atoms with Crippen LogP contribution in [0.25, 0.3) is 6.08 Å². The first-order valence-corrected chi connectivity index (χ1v) is 14.7. The Morgan fingerprint density at radius 1 is 1.00 bits per heavy atom. The maximum Gasteiger partial charge on any atom is 0.343 e. The van der Waals surface area contributed by atoms with Gasteiger partial charge in [0, 0.05) is 6.20 Å². The van der Waals surface area contributed by atoms with Gasteiger partial charge in [0.05, 0.1) is 54.3 Å². The summed E-state index contributed by atoms with van der Waals surface area (Å²) >= 11 is 3.25. The van der Waals surface area contributed by atoms with Gasteiger partial charge in [0.25, 0.3) is 5.56 Å². The van der Waals surface area contributed by atoms with Gasteiger partial charge in [-0.2, -0.15) is 0 Å². The fourth-order valence-electron chi connectivity index (χ4n) is 4.29. The molecule has 0 radical (unpaired) electrons. The maximum absolute atomic E-state index is 13.9. The molecule has 1 atom stereocenters. The van der Waals surface area contributed by atoms with Crippen LogP contribution in [0.2, 0.25) is 0 Å². The first-order valence-electron chi connectivity index (χ1n) is 12.8. The smallest absolute Gasteiger partial charge is 0.343 e. The highest BCUT2D eigenvalue weighted by molar-refractivity contribution is 14.1. The molecule has 4 rings (SSSR count). The van der Waals surface area contributed by atoms with E-state index in [9.17, 15) is 14.4 Å². The minimum atomic E-state index is -0.811. The zero-order valence-corrected chi connectivity index (χ0v) is 26.6. The van der Waals surface area contributed by atoms with Gasteiger partial charge in [-0.25, -0.2) is 14.6 Å². The van der Waals surface area contributed by atoms with Crippen molar-refractivity contribution < 1.29 is 38.0 Å². The van der Waals surface area contributed by atoms with Crippen LogP contribution in [0.3, 0.4) is 0 Å². The van der Waals surface area contributed by atoms with Crippen molar-refractivity contribution in [3.63, 3.8) is 0 Å². The van der Waals surface area contributed by atoms with Crippen molar-refractivity contribution in [2.75, 3.05) is 41.2 Å². The Kier molecular flexibility index (Phi) is 10.3. The second kappa shape index (κ2) is 13.9. The molecule has 222 valence electrons. The van der Waals surface area contributed by atoms with Crippen LogP contribution >= 0.6 is 33.9 Å². The van der Waals surface area contributed by atoms with Gasteiger partial charge in [-0.15, -0.1) is 0 Å². The lowest BCUT2D eigenvalue weighted by atomic mass is 9.97. The minimum Gasteiger partial charge on any atom is -0.493 e. The number of hydrogen-bond acceptors (Lipinski definition) is 11. The Morgan fingerprint density at radius 2 is 1.74 bits per heavy atom. The third kappa shape index (κ3) is 6.46. The number of methoxy groups -OCH3 is 3. The summed E-state index contributed by atoms with van der Waals surface area (Å²) in [4.78, 5) is 43.1. The van der Waals surface area contributed by atoms with Gasteiger partial charge in [-0.05, 0) is 77.9 Å². The Morgan fingerprint density at radius 3 is 2.40 bits per heavy atom. The number of benzene rings is 2. The first-order chi connectivity index (χ1) is 20.3. The number of thiazole rings is 1. The van der Waals surface area contributed by atoms with Crippen LogP contribution in [-0.4, -0.2) is 57.7 Å². The van der Waals surface area contributed by atoms with Crippen LogP contribution in [0, 0.1) is 3.57 Å². The van der Waals surface area contributed by atoms with Gasteiger partial charge in [0.15, 0.2) is 34.4 Å². The fraction of sp³-hybridized carbons (Fsp3) is 0.310. The van der Waals surface area contributed by atoms with E-state index in [4.69, 9.17) is 23.7 Å². The van der Waals surface area contributed by atoms with E-state index in [1.54, 1.807) is 36.4 Å². The molecule has 0 unspecified atom stereocenters. The van der Waals surface area contributed by atoms with Gasteiger partial charge in [0.1, 0.15) is 0 Å². The minimum absolute atomic E-state index is 0.200. The second-order valence-electron chi connectivity index (χ2n) is 8.65. The van der Waals surface area contributed by atoms with Gasteiger partial charge < -0.3 is 28.4 Å². The van der Waals surface area contributed by atoms with Crippen molar-refractivity contribution in [3.05, 3.63) is 76.5 Å². The van der Waals surface area contributed by atoms with Crippen LogP contribution in [0.5, 0.6) is 23.0 Å². The molecule has 0 N–H and O–H groups in total. The van der Waals surface area contributed by atoms with Gasteiger partial charge >= 0.3 is 11.9 Å². The number of carbonyl (C=O) groups is 2. The molecule has 42 heavy (non-hydrogen) atoms. The van der Waals surface area contributed by atoms with Crippen LogP contribution < -0.4 is 33.8 Å². The van der Waals surface area contributed by atoms with Crippen molar-refractivity contribution in [2.45, 2.75) is 19.9 Å². The molecule has 2 heterocycles. The van der Waals surface area contributed by atoms with Gasteiger partial charge in [0.2, 0.25) is 0 Å². The van der Waals surface area contributed by atoms with Crippen LogP contribution in [0.1, 0.15) is 31.0 Å². The molecule has 2 aromatic carbocycles. The normalized spacial score (nSPS) is 14.3. The summed E-state index contributed by atoms with van der Waals surface area (Å²) in [5.74, 6) is 0.684. The summed E-state index contributed by atoms with van der Waals surface area (Å²) in [5, 5.41) is 0. The molecule has 1 aliphatic heterocycles. The number of carbonyl (C=O) groups excluding carboxylic acids is 2. The Labute approximate surface area is 259 Å². The average molecular weight is 709 g/mol. The molecule has 0 amide bonds. The van der Waals surface area contributed by atoms with E-state index in [0.29, 0.717) is 60.2 Å². The molecule has 0 spiro atoms. The lowest BCUT2D eigenvalue weighted by Gasteiger charge is -2.23. The largest absolute Gasteiger partial charge is 0.493 e. The number of esters is 2. The van der Waals surface area contributed by atoms with Crippen LogP contribution in [0.4, 0.5) is 0 Å². The molecule has 0 aliphatic carbocycles. The average Bonchev–Trinajstić information content (AvgIpc) is 3.30. The van der Waals surface area contributed by atoms with Crippen molar-refractivity contribution in [1.82, 2.24) is 4.57 Å². The van der Waals surface area contributed by atoms with Crippen molar-refractivity contribution >= 4 is 51.9 Å². The second-order valence-corrected chi connectivity index (χ2v) is 10.8. The predicted molar refractivity (Wildman–Crippen MR) is 163 cm³/mol. The molecule has 3 aromatic rings. The molecule has 1 aromatic heterocycles. The molecular formula is C29H29IN2O9S. The third-order valence-electron chi connectivity index (χ3n) is 6.12. The lowest BCUT2D eigenvalue weighted by molar-refractivity contribution is -0.143. The van der Waals surface area contributed by atoms with Crippen LogP contribution in [-0.2, 0) is 19.1 Å². The fourth-order valence-corrected chi connectivity index (χ4v) is 6.04. The highest BCUT2D eigenvalue weighted by atomic mass is 127. The number of ether oxygens (including phenoxy) is 6. The van der Waals surface area contributed by atoms with Gasteiger partial charge in [-0.3, -0.25) is 9.36 Å². The van der Waals surface area contributed by atoms with Gasteiger partial charge in [-0.1, -0.05) is 17.4 Å². The SMILES string of the molecule is CCOc1ccc([C@H]2C(C(=O)OC)=CN=c3s/c(=C\c4cc(I)c(OCC(=O)OC)c(OC)c4)c(=O)n32)cc1OCC. The number of hydrogen-bond donors (Lipinski definition) is 0. The number of aromatic nitrogens is 1. The van der Waals surface area contributed by atoms with E-state index < -0.39 is 18.0 Å². The maximum atomic E-state index is 13.9. The van der Waals surface area contributed by atoms with Crippen molar-refractivity contribution in [1.29, 1.82) is 0 Å². The van der Waals surface area contributed by atoms with E-state index in [-0.39, 0.29) is 17.7 Å². The van der Waals surface area contributed by atoms with E-state index in [2.05, 4.69) is 32.3 Å². The summed E-state index contributed by atoms with van der Waals surface area (Å²) < 4.78 is 34.8. The molecule has 0 saturated carbocycles. The zero-order valence-electron chi connectivity index (χ0n) is 23.6. The molecular weight excluding hydrogens is 679 g/mol. The highest BCUT2D eigenvalue weighted by Gasteiger charge is 2.31. The Hall–Kier alpha value is -3.85. The van der Waals surface area contributed by atoms with E-state index in [0.717, 1.165) is 0 Å². The number of nitrogens with zero attached hydrogens (tertiary/aromatic N) is 2. The molecule has 0 saturated heterocycles. The Bertz CT molecular complexity index is 1710. The summed E-state index contributed by atoms with van der Waals surface area (Å²) in [6.45, 7) is 4.31. The topological polar surface area (TPSA) is 124 Å². The molecule has 0 fully saturated rings. The Balaban J connectivity index is 1.84. The summed E-state index contributed by atoms with van der Waals surface area (Å²) in [5.41, 5.74) is 1.15. The monoisotopic (exact) mass is 708 g/mol. The quantitative estimate of drug-likeness (QED) is 0.219. The number of halogens is 1. The van der Waals surface area contributed by atoms with Crippen LogP contribution in [0.15, 0.2) is 51.9 Å². The van der Waals surface area contributed by atoms with Crippen molar-refractivity contribution in [3.8, 4) is 23.0 Å². The van der Waals surface area contributed by atoms with E-state index in [1.807, 2.05) is 13.8 Å². The summed E-state index contributed by atoms with van der Waals surface area (Å²) in [6.07, 6.45) is 3.14. The number of fused-ring (bicyclic) bond motifs is 1. The van der Waals surface area contributed by atoms with Crippen molar-refractivity contribution in [2.24, 2.45) is 4.99 Å². The first kappa shape index (κ1) is 31.1. The zero-order chi connectivity index (χ0) is 30.4. The standard InChI is InChI=1S/C29H29IN2O9S/c1-6-39-20-9-8-17(13-21(20)40-7-2)25-18(28(35)38-5)14-31-29-32(25)27(34)23(42-29)12-16-10-19(30)26(22(11-16)36-3)41-15-24(33)37-4/h8-14,25H,6-7,15H2,1-5H3/b23-12-/t25-/m0/s1. The predicted octanol–water partition coefficient (Wildman–Crippen LogP) is 2.98. The molecule has 13 heteroatoms. The molecule has 1 aliphatic rings. The third-order valence-corrected chi connectivity index (χ3v) is 7.92. The van der Waals surface area contributed by atoms with E-state index in [1.165, 1.54) is 43.4 Å². The van der Waals surface area contributed by atoms with E-state index >= 15 is 0 Å². The summed E-state index contributed by atoms with van der Waals surface area (Å²) in [7, 11) is 4.04.